The monoisotopic (exact) mass is 443 g/mol. The predicted molar refractivity (Wildman–Crippen MR) is 118 cm³/mol. The van der Waals surface area contributed by atoms with Gasteiger partial charge in [-0.05, 0) is 43.7 Å². The number of likely N-dealkylation sites (tertiary alicyclic amines) is 1. The quantitative estimate of drug-likeness (QED) is 0.664. The number of carbonyl (C=O) groups excluding carboxylic acids is 2. The molecule has 0 unspecified atom stereocenters. The normalized spacial score (nSPS) is 21.6. The van der Waals surface area contributed by atoms with E-state index in [2.05, 4.69) is 15.6 Å². The number of carbonyl (C=O) groups is 2. The Kier molecular flexibility index (Phi) is 6.62. The van der Waals surface area contributed by atoms with Gasteiger partial charge in [-0.15, -0.1) is 16.9 Å². The standard InChI is InChI=1S/C22H29N5O3S/c1-14-7-8-17(31-2)9-19(14)22(30)26-12-16(13-26)27-11-15(24-25-27)10-23-21(29)18-5-3-4-6-20(18)28/h7-9,11,16,18,20,28H,3-6,10,12-13H2,1-2H3,(H,23,29)/t18-,20-/m1/s1. The first-order chi connectivity index (χ1) is 15.0. The van der Waals surface area contributed by atoms with Crippen molar-refractivity contribution < 1.29 is 14.7 Å². The van der Waals surface area contributed by atoms with Gasteiger partial charge in [-0.2, -0.15) is 0 Å². The van der Waals surface area contributed by atoms with Crippen molar-refractivity contribution in [1.29, 1.82) is 0 Å². The average Bonchev–Trinajstić information content (AvgIpc) is 3.20. The number of aliphatic hydroxyl groups is 1. The first kappa shape index (κ1) is 21.8. The molecule has 2 atom stereocenters. The van der Waals surface area contributed by atoms with E-state index in [-0.39, 0.29) is 30.3 Å². The Balaban J connectivity index is 1.29. The molecule has 9 heteroatoms. The van der Waals surface area contributed by atoms with E-state index in [1.54, 1.807) is 16.4 Å². The average molecular weight is 444 g/mol. The minimum absolute atomic E-state index is 0.0447. The van der Waals surface area contributed by atoms with Crippen LogP contribution in [-0.4, -0.2) is 62.3 Å². The number of benzene rings is 1. The number of thioether (sulfide) groups is 1. The van der Waals surface area contributed by atoms with Gasteiger partial charge in [0, 0.05) is 23.5 Å². The summed E-state index contributed by atoms with van der Waals surface area (Å²) in [7, 11) is 0. The van der Waals surface area contributed by atoms with Crippen LogP contribution in [0.4, 0.5) is 0 Å². The smallest absolute Gasteiger partial charge is 0.254 e. The molecular weight excluding hydrogens is 414 g/mol. The van der Waals surface area contributed by atoms with E-state index >= 15 is 0 Å². The van der Waals surface area contributed by atoms with Gasteiger partial charge >= 0.3 is 0 Å². The molecule has 2 heterocycles. The lowest BCUT2D eigenvalue weighted by Crippen LogP contribution is -2.51. The van der Waals surface area contributed by atoms with Crippen LogP contribution in [0, 0.1) is 12.8 Å². The molecule has 1 aromatic heterocycles. The maximum Gasteiger partial charge on any atom is 0.254 e. The fraction of sp³-hybridized carbons (Fsp3) is 0.545. The van der Waals surface area contributed by atoms with E-state index in [9.17, 15) is 14.7 Å². The largest absolute Gasteiger partial charge is 0.392 e. The van der Waals surface area contributed by atoms with Crippen LogP contribution < -0.4 is 5.32 Å². The van der Waals surface area contributed by atoms with Crippen molar-refractivity contribution in [2.45, 2.75) is 56.2 Å². The molecule has 0 bridgehead atoms. The highest BCUT2D eigenvalue weighted by Crippen LogP contribution is 2.27. The Morgan fingerprint density at radius 3 is 2.77 bits per heavy atom. The van der Waals surface area contributed by atoms with Crippen LogP contribution in [0.3, 0.4) is 0 Å². The Bertz CT molecular complexity index is 956. The number of hydrogen-bond donors (Lipinski definition) is 2. The Labute approximate surface area is 186 Å². The molecule has 0 radical (unpaired) electrons. The number of aromatic nitrogens is 3. The van der Waals surface area contributed by atoms with Gasteiger partial charge in [-0.3, -0.25) is 9.59 Å². The summed E-state index contributed by atoms with van der Waals surface area (Å²) in [6.45, 7) is 3.42. The minimum Gasteiger partial charge on any atom is -0.392 e. The highest BCUT2D eigenvalue weighted by atomic mass is 32.2. The van der Waals surface area contributed by atoms with Gasteiger partial charge in [0.25, 0.3) is 5.91 Å². The summed E-state index contributed by atoms with van der Waals surface area (Å²) in [6, 6.07) is 6.06. The van der Waals surface area contributed by atoms with Gasteiger partial charge in [-0.25, -0.2) is 4.68 Å². The number of hydrogen-bond acceptors (Lipinski definition) is 6. The lowest BCUT2D eigenvalue weighted by Gasteiger charge is -2.39. The molecule has 2 aromatic rings. The van der Waals surface area contributed by atoms with Gasteiger partial charge in [0.05, 0.1) is 30.8 Å². The van der Waals surface area contributed by atoms with Crippen LogP contribution in [0.15, 0.2) is 29.3 Å². The maximum absolute atomic E-state index is 12.9. The second-order valence-corrected chi connectivity index (χ2v) is 9.29. The summed E-state index contributed by atoms with van der Waals surface area (Å²) in [5.41, 5.74) is 2.40. The molecule has 1 saturated heterocycles. The van der Waals surface area contributed by atoms with Crippen molar-refractivity contribution in [3.8, 4) is 0 Å². The Morgan fingerprint density at radius 1 is 1.26 bits per heavy atom. The zero-order valence-corrected chi connectivity index (χ0v) is 18.8. The fourth-order valence-corrected chi connectivity index (χ4v) is 4.66. The molecule has 2 aliphatic rings. The van der Waals surface area contributed by atoms with E-state index in [1.165, 1.54) is 0 Å². The van der Waals surface area contributed by atoms with Gasteiger partial charge in [0.1, 0.15) is 5.69 Å². The van der Waals surface area contributed by atoms with E-state index in [4.69, 9.17) is 0 Å². The first-order valence-corrected chi connectivity index (χ1v) is 12.0. The van der Waals surface area contributed by atoms with Gasteiger partial charge < -0.3 is 15.3 Å². The lowest BCUT2D eigenvalue weighted by molar-refractivity contribution is -0.130. The van der Waals surface area contributed by atoms with Crippen molar-refractivity contribution in [3.05, 3.63) is 41.2 Å². The van der Waals surface area contributed by atoms with E-state index < -0.39 is 6.10 Å². The summed E-state index contributed by atoms with van der Waals surface area (Å²) in [5, 5.41) is 21.2. The van der Waals surface area contributed by atoms with E-state index in [0.717, 1.165) is 35.3 Å². The molecule has 4 rings (SSSR count). The number of nitrogens with one attached hydrogen (secondary N) is 1. The van der Waals surface area contributed by atoms with Crippen molar-refractivity contribution in [2.75, 3.05) is 19.3 Å². The highest BCUT2D eigenvalue weighted by molar-refractivity contribution is 7.98. The molecule has 2 N–H and O–H groups in total. The van der Waals surface area contributed by atoms with Gasteiger partial charge in [-0.1, -0.05) is 24.1 Å². The number of aryl methyl sites for hydroxylation is 1. The Hall–Kier alpha value is -2.39. The lowest BCUT2D eigenvalue weighted by atomic mass is 9.86. The van der Waals surface area contributed by atoms with Crippen molar-refractivity contribution in [1.82, 2.24) is 25.2 Å². The van der Waals surface area contributed by atoms with Crippen LogP contribution in [0.2, 0.25) is 0 Å². The second kappa shape index (κ2) is 9.40. The maximum atomic E-state index is 12.9. The SMILES string of the molecule is CSc1ccc(C)c(C(=O)N2CC(n3cc(CNC(=O)[C@@H]4CCCC[C@H]4O)nn3)C2)c1. The Morgan fingerprint density at radius 2 is 2.03 bits per heavy atom. The zero-order chi connectivity index (χ0) is 22.0. The van der Waals surface area contributed by atoms with Crippen LogP contribution in [-0.2, 0) is 11.3 Å². The van der Waals surface area contributed by atoms with Crippen LogP contribution >= 0.6 is 11.8 Å². The molecule has 0 spiro atoms. The molecule has 1 aliphatic carbocycles. The summed E-state index contributed by atoms with van der Waals surface area (Å²) in [6.07, 6.45) is 6.64. The third-order valence-corrected chi connectivity index (χ3v) is 6.99. The third-order valence-electron chi connectivity index (χ3n) is 6.27. The summed E-state index contributed by atoms with van der Waals surface area (Å²) >= 11 is 1.63. The summed E-state index contributed by atoms with van der Waals surface area (Å²) < 4.78 is 1.77. The van der Waals surface area contributed by atoms with Crippen molar-refractivity contribution in [2.24, 2.45) is 5.92 Å². The van der Waals surface area contributed by atoms with Crippen molar-refractivity contribution in [3.63, 3.8) is 0 Å². The number of rotatable bonds is 6. The topological polar surface area (TPSA) is 100 Å². The molecule has 1 aliphatic heterocycles. The predicted octanol–water partition coefficient (Wildman–Crippen LogP) is 2.17. The van der Waals surface area contributed by atoms with Gasteiger partial charge in [0.2, 0.25) is 5.91 Å². The van der Waals surface area contributed by atoms with E-state index in [1.807, 2.05) is 42.5 Å². The highest BCUT2D eigenvalue weighted by Gasteiger charge is 2.34. The molecule has 8 nitrogen and oxygen atoms in total. The van der Waals surface area contributed by atoms with Crippen LogP contribution in [0.25, 0.3) is 0 Å². The number of amides is 2. The molecular formula is C22H29N5O3S. The molecule has 2 fully saturated rings. The van der Waals surface area contributed by atoms with Crippen LogP contribution in [0.5, 0.6) is 0 Å². The molecule has 1 aromatic carbocycles. The molecule has 1 saturated carbocycles. The zero-order valence-electron chi connectivity index (χ0n) is 18.0. The van der Waals surface area contributed by atoms with E-state index in [0.29, 0.717) is 25.2 Å². The third kappa shape index (κ3) is 4.77. The molecule has 2 amide bonds. The first-order valence-electron chi connectivity index (χ1n) is 10.8. The number of nitrogens with zero attached hydrogens (tertiary/aromatic N) is 4. The summed E-state index contributed by atoms with van der Waals surface area (Å²) in [4.78, 5) is 28.1. The minimum atomic E-state index is -0.553. The van der Waals surface area contributed by atoms with Crippen LogP contribution in [0.1, 0.15) is 53.3 Å². The fourth-order valence-electron chi connectivity index (χ4n) is 4.22. The molecule has 166 valence electrons. The molecule has 31 heavy (non-hydrogen) atoms. The van der Waals surface area contributed by atoms with Crippen molar-refractivity contribution >= 4 is 23.6 Å². The second-order valence-electron chi connectivity index (χ2n) is 8.41. The van der Waals surface area contributed by atoms with Gasteiger partial charge in [0.15, 0.2) is 0 Å². The summed E-state index contributed by atoms with van der Waals surface area (Å²) in [5.74, 6) is -0.406. The number of aliphatic hydroxyl groups excluding tert-OH is 1.